The third-order valence-corrected chi connectivity index (χ3v) is 4.72. The third kappa shape index (κ3) is 7.74. The van der Waals surface area contributed by atoms with Gasteiger partial charge in [0.15, 0.2) is 6.29 Å². The Morgan fingerprint density at radius 2 is 1.88 bits per heavy atom. The molecular formula is C20H36O6. The highest BCUT2D eigenvalue weighted by molar-refractivity contribution is 5.37. The first-order valence-corrected chi connectivity index (χ1v) is 9.54. The molecule has 0 radical (unpaired) electrons. The lowest BCUT2D eigenvalue weighted by molar-refractivity contribution is -0.309. The summed E-state index contributed by atoms with van der Waals surface area (Å²) in [4.78, 5) is 9.60. The molecule has 1 heterocycles. The smallest absolute Gasteiger partial charge is 0.293 e. The van der Waals surface area contributed by atoms with Crippen molar-refractivity contribution >= 4 is 6.47 Å². The molecule has 152 valence electrons. The van der Waals surface area contributed by atoms with Gasteiger partial charge in [0, 0.05) is 6.42 Å². The number of carbonyl (C=O) groups excluding carboxylic acids is 1. The maximum atomic E-state index is 9.99. The summed E-state index contributed by atoms with van der Waals surface area (Å²) in [6.45, 7) is 9.76. The van der Waals surface area contributed by atoms with Crippen LogP contribution in [0.2, 0.25) is 0 Å². The molecule has 2 aliphatic rings. The van der Waals surface area contributed by atoms with Crippen molar-refractivity contribution in [1.82, 2.24) is 0 Å². The maximum Gasteiger partial charge on any atom is 0.293 e. The van der Waals surface area contributed by atoms with Gasteiger partial charge in [0.25, 0.3) is 6.47 Å². The van der Waals surface area contributed by atoms with E-state index < -0.39 is 18.5 Å². The van der Waals surface area contributed by atoms with Crippen molar-refractivity contribution in [2.24, 2.45) is 0 Å². The molecule has 0 bridgehead atoms. The van der Waals surface area contributed by atoms with E-state index in [1.807, 2.05) is 34.6 Å². The van der Waals surface area contributed by atoms with Crippen LogP contribution in [0.1, 0.15) is 73.1 Å². The van der Waals surface area contributed by atoms with E-state index >= 15 is 0 Å². The third-order valence-electron chi connectivity index (χ3n) is 4.72. The molecule has 4 atom stereocenters. The first-order chi connectivity index (χ1) is 12.1. The van der Waals surface area contributed by atoms with Gasteiger partial charge in [-0.25, -0.2) is 0 Å². The number of carbonyl (C=O) groups is 1. The summed E-state index contributed by atoms with van der Waals surface area (Å²) >= 11 is 0. The average Bonchev–Trinajstić information content (AvgIpc) is 2.49. The number of ether oxygens (including phenoxy) is 3. The molecule has 26 heavy (non-hydrogen) atoms. The van der Waals surface area contributed by atoms with Crippen LogP contribution in [0.4, 0.5) is 0 Å². The van der Waals surface area contributed by atoms with E-state index in [2.05, 4.69) is 16.9 Å². The molecular weight excluding hydrogens is 336 g/mol. The van der Waals surface area contributed by atoms with Gasteiger partial charge in [-0.15, -0.1) is 0 Å². The predicted octanol–water partition coefficient (Wildman–Crippen LogP) is 3.10. The molecule has 2 unspecified atom stereocenters. The highest BCUT2D eigenvalue weighted by Gasteiger charge is 2.44. The Hall–Kier alpha value is -0.950. The molecule has 1 aliphatic heterocycles. The van der Waals surface area contributed by atoms with E-state index in [0.717, 1.165) is 25.7 Å². The van der Waals surface area contributed by atoms with Crippen LogP contribution < -0.4 is 0 Å². The Morgan fingerprint density at radius 3 is 2.31 bits per heavy atom. The van der Waals surface area contributed by atoms with Gasteiger partial charge in [-0.1, -0.05) is 12.2 Å². The lowest BCUT2D eigenvalue weighted by atomic mass is 9.76. The molecule has 0 aromatic heterocycles. The Labute approximate surface area is 157 Å². The van der Waals surface area contributed by atoms with Crippen molar-refractivity contribution in [1.29, 1.82) is 0 Å². The van der Waals surface area contributed by atoms with Crippen LogP contribution in [0.15, 0.2) is 12.2 Å². The number of aliphatic hydroxyl groups is 2. The van der Waals surface area contributed by atoms with Gasteiger partial charge in [-0.05, 0) is 66.7 Å². The van der Waals surface area contributed by atoms with Crippen LogP contribution in [0.25, 0.3) is 0 Å². The maximum absolute atomic E-state index is 9.99. The summed E-state index contributed by atoms with van der Waals surface area (Å²) in [7, 11) is 0. The summed E-state index contributed by atoms with van der Waals surface area (Å²) in [5.41, 5.74) is -0.449. The number of rotatable bonds is 6. The second kappa shape index (κ2) is 10.4. The average molecular weight is 373 g/mol. The van der Waals surface area contributed by atoms with E-state index in [1.165, 1.54) is 6.42 Å². The zero-order chi connectivity index (χ0) is 19.8. The highest BCUT2D eigenvalue weighted by atomic mass is 16.7. The minimum absolute atomic E-state index is 0.132. The van der Waals surface area contributed by atoms with Crippen molar-refractivity contribution in [2.45, 2.75) is 109 Å². The van der Waals surface area contributed by atoms with E-state index in [-0.39, 0.29) is 17.3 Å². The summed E-state index contributed by atoms with van der Waals surface area (Å²) in [5, 5.41) is 19.6. The van der Waals surface area contributed by atoms with Crippen LogP contribution in [0, 0.1) is 0 Å². The van der Waals surface area contributed by atoms with Gasteiger partial charge in [-0.3, -0.25) is 4.79 Å². The Kier molecular flexibility index (Phi) is 9.24. The molecule has 0 amide bonds. The molecule has 0 aromatic carbocycles. The largest absolute Gasteiger partial charge is 0.462 e. The summed E-state index contributed by atoms with van der Waals surface area (Å²) in [6, 6.07) is 0. The number of hydrogen-bond acceptors (Lipinski definition) is 6. The Balaban J connectivity index is 0.000000412. The molecule has 6 nitrogen and oxygen atoms in total. The molecule has 1 saturated carbocycles. The summed E-state index contributed by atoms with van der Waals surface area (Å²) in [5.74, 6) is 0. The number of aliphatic hydroxyl groups excluding tert-OH is 2. The quantitative estimate of drug-likeness (QED) is 0.550. The van der Waals surface area contributed by atoms with E-state index in [0.29, 0.717) is 12.9 Å². The van der Waals surface area contributed by atoms with E-state index in [9.17, 15) is 15.0 Å². The highest BCUT2D eigenvalue weighted by Crippen LogP contribution is 2.42. The minimum Gasteiger partial charge on any atom is -0.462 e. The van der Waals surface area contributed by atoms with Crippen LogP contribution in [-0.4, -0.2) is 52.5 Å². The molecule has 0 spiro atoms. The fourth-order valence-electron chi connectivity index (χ4n) is 2.95. The molecule has 2 rings (SSSR count). The zero-order valence-corrected chi connectivity index (χ0v) is 16.8. The second-order valence-corrected chi connectivity index (χ2v) is 8.17. The second-order valence-electron chi connectivity index (χ2n) is 8.17. The molecule has 1 aliphatic carbocycles. The van der Waals surface area contributed by atoms with Crippen LogP contribution in [-0.2, 0) is 19.0 Å². The molecule has 0 aromatic rings. The minimum atomic E-state index is -0.731. The van der Waals surface area contributed by atoms with Crippen molar-refractivity contribution < 1.29 is 29.2 Å². The standard InChI is InChI=1S/C15H26O4.C5H10O2/c1-3-4-5-7-15(8-6-9-15)19-14-13(17)10-12(16)11(2)18-14;1-5(2,3)7-4-6/h3-4,11-14,16-17H,5-10H2,1-2H3;4H,1-3H3/b4-3+;/t11-,12?,13+,14?;/m0./s1. The normalized spacial score (nSPS) is 30.9. The fraction of sp³-hybridized carbons (Fsp3) is 0.850. The van der Waals surface area contributed by atoms with Crippen molar-refractivity contribution in [3.05, 3.63) is 12.2 Å². The van der Waals surface area contributed by atoms with E-state index in [1.54, 1.807) is 0 Å². The monoisotopic (exact) mass is 372 g/mol. The van der Waals surface area contributed by atoms with Gasteiger partial charge in [0.2, 0.25) is 0 Å². The van der Waals surface area contributed by atoms with Gasteiger partial charge in [0.05, 0.1) is 17.8 Å². The van der Waals surface area contributed by atoms with Crippen molar-refractivity contribution in [3.63, 3.8) is 0 Å². The first kappa shape index (κ1) is 23.1. The number of hydrogen-bond donors (Lipinski definition) is 2. The fourth-order valence-corrected chi connectivity index (χ4v) is 2.95. The number of allylic oxidation sites excluding steroid dienone is 2. The van der Waals surface area contributed by atoms with Crippen LogP contribution in [0.5, 0.6) is 0 Å². The van der Waals surface area contributed by atoms with E-state index in [4.69, 9.17) is 9.47 Å². The van der Waals surface area contributed by atoms with Gasteiger partial charge in [-0.2, -0.15) is 0 Å². The summed E-state index contributed by atoms with van der Waals surface area (Å²) < 4.78 is 16.2. The first-order valence-electron chi connectivity index (χ1n) is 9.54. The lowest BCUT2D eigenvalue weighted by Gasteiger charge is -2.47. The lowest BCUT2D eigenvalue weighted by Crippen LogP contribution is -2.53. The van der Waals surface area contributed by atoms with Gasteiger partial charge >= 0.3 is 0 Å². The Morgan fingerprint density at radius 1 is 1.23 bits per heavy atom. The van der Waals surface area contributed by atoms with Crippen molar-refractivity contribution in [2.75, 3.05) is 0 Å². The molecule has 2 N–H and O–H groups in total. The Bertz CT molecular complexity index is 438. The zero-order valence-electron chi connectivity index (χ0n) is 16.8. The molecule has 2 fully saturated rings. The van der Waals surface area contributed by atoms with Crippen LogP contribution in [0.3, 0.4) is 0 Å². The van der Waals surface area contributed by atoms with Gasteiger partial charge < -0.3 is 24.4 Å². The predicted molar refractivity (Wildman–Crippen MR) is 99.6 cm³/mol. The van der Waals surface area contributed by atoms with Gasteiger partial charge in [0.1, 0.15) is 11.7 Å². The van der Waals surface area contributed by atoms with Crippen molar-refractivity contribution in [3.8, 4) is 0 Å². The SMILES string of the molecule is C/C=C/CCC1(OC2O[C@@H](C)C(O)C[C@H]2O)CCC1.CC(C)(C)OC=O. The van der Waals surface area contributed by atoms with Crippen LogP contribution >= 0.6 is 0 Å². The topological polar surface area (TPSA) is 85.2 Å². The molecule has 1 saturated heterocycles. The summed E-state index contributed by atoms with van der Waals surface area (Å²) in [6.07, 6.45) is 7.55. The molecule has 6 heteroatoms.